The van der Waals surface area contributed by atoms with Gasteiger partial charge in [-0.1, -0.05) is 13.8 Å². The van der Waals surface area contributed by atoms with Crippen molar-refractivity contribution in [2.45, 2.75) is 43.9 Å². The molecule has 0 spiro atoms. The third-order valence-electron chi connectivity index (χ3n) is 4.33. The molecule has 0 radical (unpaired) electrons. The van der Waals surface area contributed by atoms with Crippen molar-refractivity contribution in [2.24, 2.45) is 0 Å². The summed E-state index contributed by atoms with van der Waals surface area (Å²) in [6, 6.07) is 2.20. The molecule has 2 rings (SSSR count). The van der Waals surface area contributed by atoms with E-state index in [1.807, 2.05) is 0 Å². The fraction of sp³-hybridized carbons (Fsp3) is 0.588. The summed E-state index contributed by atoms with van der Waals surface area (Å²) in [7, 11) is 0. The molecular formula is C17H24N2O5S2. The Kier molecular flexibility index (Phi) is 7.60. The van der Waals surface area contributed by atoms with Crippen LogP contribution in [0.25, 0.3) is 0 Å². The largest absolute Gasteiger partial charge is 0.507 e. The summed E-state index contributed by atoms with van der Waals surface area (Å²) in [4.78, 5) is 25.5. The van der Waals surface area contributed by atoms with Crippen molar-refractivity contribution in [3.8, 4) is 5.75 Å². The highest BCUT2D eigenvalue weighted by molar-refractivity contribution is 8.17. The molecule has 0 aliphatic carbocycles. The number of aliphatic hydroxyl groups excluding tert-OH is 1. The summed E-state index contributed by atoms with van der Waals surface area (Å²) in [6.45, 7) is 4.22. The molecule has 1 aromatic carbocycles. The van der Waals surface area contributed by atoms with E-state index < -0.39 is 23.1 Å². The Hall–Kier alpha value is -1.45. The maximum Gasteiger partial charge on any atom is 0.285 e. The predicted octanol–water partition coefficient (Wildman–Crippen LogP) is 3.23. The first-order chi connectivity index (χ1) is 12.4. The molecule has 7 nitrogen and oxygen atoms in total. The lowest BCUT2D eigenvalue weighted by molar-refractivity contribution is -0.385. The van der Waals surface area contributed by atoms with Gasteiger partial charge in [-0.2, -0.15) is 0 Å². The van der Waals surface area contributed by atoms with Crippen LogP contribution in [0.15, 0.2) is 12.1 Å². The van der Waals surface area contributed by atoms with E-state index >= 15 is 0 Å². The van der Waals surface area contributed by atoms with Gasteiger partial charge < -0.3 is 15.1 Å². The number of nitrogens with zero attached hydrogens (tertiary/aromatic N) is 2. The monoisotopic (exact) mass is 400 g/mol. The van der Waals surface area contributed by atoms with E-state index in [9.17, 15) is 25.1 Å². The number of rotatable bonds is 8. The second kappa shape index (κ2) is 9.48. The summed E-state index contributed by atoms with van der Waals surface area (Å²) < 4.78 is 0.227. The minimum atomic E-state index is -0.668. The molecule has 1 fully saturated rings. The van der Waals surface area contributed by atoms with Crippen molar-refractivity contribution in [1.29, 1.82) is 0 Å². The molecule has 26 heavy (non-hydrogen) atoms. The van der Waals surface area contributed by atoms with E-state index in [0.29, 0.717) is 6.54 Å². The number of carbonyl (C=O) groups is 1. The van der Waals surface area contributed by atoms with Crippen LogP contribution in [0.2, 0.25) is 0 Å². The Bertz CT molecular complexity index is 665. The topological polar surface area (TPSA) is 104 Å². The number of likely N-dealkylation sites (tertiary alicyclic amines) is 1. The van der Waals surface area contributed by atoms with Gasteiger partial charge in [-0.25, -0.2) is 0 Å². The highest BCUT2D eigenvalue weighted by Crippen LogP contribution is 2.37. The number of aromatic hydroxyl groups is 1. The molecule has 1 aromatic rings. The zero-order valence-corrected chi connectivity index (χ0v) is 16.5. The molecule has 2 N–H and O–H groups in total. The molecule has 144 valence electrons. The number of hydrogen-bond donors (Lipinski definition) is 2. The molecule has 1 aliphatic heterocycles. The van der Waals surface area contributed by atoms with Crippen LogP contribution in [0.1, 0.15) is 42.6 Å². The first-order valence-electron chi connectivity index (χ1n) is 8.59. The predicted molar refractivity (Wildman–Crippen MR) is 105 cm³/mol. The molecule has 0 bridgehead atoms. The summed E-state index contributed by atoms with van der Waals surface area (Å²) >= 11 is 3.58. The lowest BCUT2D eigenvalue weighted by atomic mass is 10.1. The summed E-state index contributed by atoms with van der Waals surface area (Å²) in [6.07, 6.45) is 1.73. The molecule has 0 aromatic heterocycles. The van der Waals surface area contributed by atoms with Crippen molar-refractivity contribution >= 4 is 35.1 Å². The van der Waals surface area contributed by atoms with Crippen molar-refractivity contribution in [2.75, 3.05) is 18.1 Å². The van der Waals surface area contributed by atoms with Gasteiger partial charge in [0, 0.05) is 12.1 Å². The fourth-order valence-electron chi connectivity index (χ4n) is 3.15. The van der Waals surface area contributed by atoms with Crippen molar-refractivity contribution in [3.05, 3.63) is 33.4 Å². The lowest BCUT2D eigenvalue weighted by Crippen LogP contribution is -2.41. The van der Waals surface area contributed by atoms with Crippen LogP contribution >= 0.6 is 23.5 Å². The number of aliphatic hydroxyl groups is 1. The number of carbonyl (C=O) groups excluding carboxylic acids is 1. The SMILES string of the molecule is CCSC(SCC)[C@@H]1CCCN1C(=O)c1cc(CO)c(O)cc1[N+](=O)[O-]. The number of hydrogen-bond acceptors (Lipinski definition) is 7. The van der Waals surface area contributed by atoms with Gasteiger partial charge in [-0.15, -0.1) is 23.5 Å². The number of nitro groups is 1. The van der Waals surface area contributed by atoms with Crippen LogP contribution in [0, 0.1) is 10.1 Å². The van der Waals surface area contributed by atoms with Gasteiger partial charge in [0.1, 0.15) is 11.3 Å². The average Bonchev–Trinajstić information content (AvgIpc) is 3.10. The van der Waals surface area contributed by atoms with Crippen LogP contribution < -0.4 is 0 Å². The Morgan fingerprint density at radius 2 is 2.04 bits per heavy atom. The molecule has 1 heterocycles. The summed E-state index contributed by atoms with van der Waals surface area (Å²) in [5.74, 6) is 1.08. The Morgan fingerprint density at radius 3 is 2.58 bits per heavy atom. The minimum absolute atomic E-state index is 0.0170. The quantitative estimate of drug-likeness (QED) is 0.392. The molecule has 0 unspecified atom stereocenters. The van der Waals surface area contributed by atoms with E-state index in [2.05, 4.69) is 13.8 Å². The van der Waals surface area contributed by atoms with Crippen LogP contribution in [-0.2, 0) is 6.61 Å². The third kappa shape index (κ3) is 4.44. The first-order valence-corrected chi connectivity index (χ1v) is 10.7. The van der Waals surface area contributed by atoms with Gasteiger partial charge >= 0.3 is 0 Å². The standard InChI is InChI=1S/C17H24N2O5S2/c1-3-25-17(26-4-2)13-6-5-7-18(13)16(22)12-8-11(10-20)15(21)9-14(12)19(23)24/h8-9,13,17,20-21H,3-7,10H2,1-2H3/t13-/m0/s1. The number of phenols is 1. The van der Waals surface area contributed by atoms with Crippen LogP contribution in [-0.4, -0.2) is 54.6 Å². The first kappa shape index (κ1) is 20.9. The zero-order chi connectivity index (χ0) is 19.3. The highest BCUT2D eigenvalue weighted by atomic mass is 32.2. The Labute approximate surface area is 161 Å². The van der Waals surface area contributed by atoms with Crippen molar-refractivity contribution < 1.29 is 19.9 Å². The molecule has 1 aliphatic rings. The number of benzene rings is 1. The minimum Gasteiger partial charge on any atom is -0.507 e. The number of amides is 1. The van der Waals surface area contributed by atoms with Gasteiger partial charge in [0.15, 0.2) is 0 Å². The molecule has 9 heteroatoms. The van der Waals surface area contributed by atoms with E-state index in [-0.39, 0.29) is 27.5 Å². The van der Waals surface area contributed by atoms with Crippen molar-refractivity contribution in [3.63, 3.8) is 0 Å². The maximum atomic E-state index is 13.1. The number of nitro benzene ring substituents is 1. The van der Waals surface area contributed by atoms with Crippen LogP contribution in [0.5, 0.6) is 5.75 Å². The van der Waals surface area contributed by atoms with Gasteiger partial charge in [0.25, 0.3) is 11.6 Å². The maximum absolute atomic E-state index is 13.1. The van der Waals surface area contributed by atoms with Gasteiger partial charge in [-0.05, 0) is 30.4 Å². The van der Waals surface area contributed by atoms with E-state index in [1.54, 1.807) is 28.4 Å². The van der Waals surface area contributed by atoms with Crippen LogP contribution in [0.4, 0.5) is 5.69 Å². The molecule has 0 saturated carbocycles. The van der Waals surface area contributed by atoms with Gasteiger partial charge in [0.05, 0.1) is 28.2 Å². The lowest BCUT2D eigenvalue weighted by Gasteiger charge is -2.31. The van der Waals surface area contributed by atoms with Gasteiger partial charge in [0.2, 0.25) is 0 Å². The third-order valence-corrected chi connectivity index (χ3v) is 7.10. The van der Waals surface area contributed by atoms with E-state index in [1.165, 1.54) is 6.07 Å². The summed E-state index contributed by atoms with van der Waals surface area (Å²) in [5, 5.41) is 30.5. The van der Waals surface area contributed by atoms with E-state index in [4.69, 9.17) is 0 Å². The van der Waals surface area contributed by atoms with Gasteiger partial charge in [-0.3, -0.25) is 14.9 Å². The van der Waals surface area contributed by atoms with E-state index in [0.717, 1.165) is 30.4 Å². The average molecular weight is 401 g/mol. The smallest absolute Gasteiger partial charge is 0.285 e. The molecular weight excluding hydrogens is 376 g/mol. The Morgan fingerprint density at radius 1 is 1.38 bits per heavy atom. The highest BCUT2D eigenvalue weighted by Gasteiger charge is 2.37. The zero-order valence-electron chi connectivity index (χ0n) is 14.9. The Balaban J connectivity index is 2.38. The second-order valence-corrected chi connectivity index (χ2v) is 9.04. The van der Waals surface area contributed by atoms with Crippen molar-refractivity contribution in [1.82, 2.24) is 4.90 Å². The summed E-state index contributed by atoms with van der Waals surface area (Å²) in [5.41, 5.74) is -0.402. The molecule has 1 atom stereocenters. The second-order valence-electron chi connectivity index (χ2n) is 5.90. The molecule has 1 amide bonds. The normalized spacial score (nSPS) is 17.1. The fourth-order valence-corrected chi connectivity index (χ4v) is 6.02. The number of thioether (sulfide) groups is 2. The molecule has 1 saturated heterocycles. The van der Waals surface area contributed by atoms with Crippen LogP contribution in [0.3, 0.4) is 0 Å².